The van der Waals surface area contributed by atoms with Crippen molar-refractivity contribution in [3.05, 3.63) is 35.9 Å². The van der Waals surface area contributed by atoms with Crippen molar-refractivity contribution in [2.45, 2.75) is 39.9 Å². The number of esters is 1. The van der Waals surface area contributed by atoms with Gasteiger partial charge in [0.25, 0.3) is 0 Å². The van der Waals surface area contributed by atoms with Gasteiger partial charge in [-0.3, -0.25) is 0 Å². The highest BCUT2D eigenvalue weighted by molar-refractivity contribution is 5.89. The molecular formula is C17H22O3. The molecule has 0 saturated heterocycles. The molecule has 0 amide bonds. The zero-order valence-corrected chi connectivity index (χ0v) is 12.5. The summed E-state index contributed by atoms with van der Waals surface area (Å²) in [4.78, 5) is 12.0. The molecule has 1 rings (SSSR count). The van der Waals surface area contributed by atoms with E-state index < -0.39 is 18.2 Å². The second-order valence-electron chi connectivity index (χ2n) is 5.41. The molecule has 108 valence electrons. The molecule has 1 aromatic rings. The second kappa shape index (κ2) is 7.72. The number of hydrogen-bond donors (Lipinski definition) is 1. The van der Waals surface area contributed by atoms with Gasteiger partial charge in [0.15, 0.2) is 6.10 Å². The van der Waals surface area contributed by atoms with Crippen LogP contribution in [0.2, 0.25) is 0 Å². The van der Waals surface area contributed by atoms with Gasteiger partial charge in [-0.1, -0.05) is 57.7 Å². The summed E-state index contributed by atoms with van der Waals surface area (Å²) in [7, 11) is 0. The summed E-state index contributed by atoms with van der Waals surface area (Å²) in [5.74, 6) is 5.34. The van der Waals surface area contributed by atoms with Gasteiger partial charge in [-0.05, 0) is 18.1 Å². The van der Waals surface area contributed by atoms with Gasteiger partial charge in [-0.2, -0.15) is 0 Å². The Balaban J connectivity index is 2.76. The predicted octanol–water partition coefficient (Wildman–Crippen LogP) is 2.89. The fourth-order valence-electron chi connectivity index (χ4n) is 1.42. The van der Waals surface area contributed by atoms with E-state index in [1.54, 1.807) is 24.3 Å². The minimum Gasteiger partial charge on any atom is -0.445 e. The number of benzene rings is 1. The Morgan fingerprint density at radius 3 is 2.15 bits per heavy atom. The van der Waals surface area contributed by atoms with Gasteiger partial charge >= 0.3 is 5.97 Å². The average molecular weight is 274 g/mol. The Bertz CT molecular complexity index is 480. The highest BCUT2D eigenvalue weighted by Crippen LogP contribution is 2.10. The van der Waals surface area contributed by atoms with E-state index in [0.717, 1.165) is 0 Å². The van der Waals surface area contributed by atoms with Crippen molar-refractivity contribution in [2.24, 2.45) is 11.8 Å². The van der Waals surface area contributed by atoms with Crippen molar-refractivity contribution >= 4 is 5.97 Å². The van der Waals surface area contributed by atoms with Crippen LogP contribution in [0.5, 0.6) is 0 Å². The molecule has 1 N–H and O–H groups in total. The summed E-state index contributed by atoms with van der Waals surface area (Å²) in [5.41, 5.74) is 0.504. The fraction of sp³-hybridized carbons (Fsp3) is 0.471. The van der Waals surface area contributed by atoms with Gasteiger partial charge in [0.1, 0.15) is 6.10 Å². The third-order valence-corrected chi connectivity index (χ3v) is 2.85. The van der Waals surface area contributed by atoms with Crippen LogP contribution in [0.1, 0.15) is 38.1 Å². The Kier molecular flexibility index (Phi) is 6.27. The van der Waals surface area contributed by atoms with E-state index in [-0.39, 0.29) is 11.8 Å². The van der Waals surface area contributed by atoms with Gasteiger partial charge in [-0.25, -0.2) is 4.79 Å². The molecule has 1 aromatic carbocycles. The number of carbonyl (C=O) groups is 1. The zero-order chi connectivity index (χ0) is 15.1. The standard InChI is InChI=1S/C17H22O3/c1-12(2)15(18)10-11-16(13(3)4)20-17(19)14-8-6-5-7-9-14/h5-9,12-13,15-16,18H,1-4H3/t15-,16-/m1/s1. The van der Waals surface area contributed by atoms with Gasteiger partial charge in [0.05, 0.1) is 5.56 Å². The second-order valence-corrected chi connectivity index (χ2v) is 5.41. The Morgan fingerprint density at radius 2 is 1.65 bits per heavy atom. The molecule has 0 aromatic heterocycles. The molecule has 0 aliphatic rings. The number of ether oxygens (including phenoxy) is 1. The van der Waals surface area contributed by atoms with Crippen LogP contribution < -0.4 is 0 Å². The van der Waals surface area contributed by atoms with Crippen LogP contribution in [0.15, 0.2) is 30.3 Å². The van der Waals surface area contributed by atoms with Gasteiger partial charge in [0, 0.05) is 5.92 Å². The van der Waals surface area contributed by atoms with Crippen LogP contribution in [0.4, 0.5) is 0 Å². The molecule has 0 spiro atoms. The molecule has 0 heterocycles. The molecule has 3 nitrogen and oxygen atoms in total. The van der Waals surface area contributed by atoms with Crippen molar-refractivity contribution in [3.8, 4) is 11.8 Å². The molecular weight excluding hydrogens is 252 g/mol. The van der Waals surface area contributed by atoms with E-state index in [1.165, 1.54) is 0 Å². The number of aliphatic hydroxyl groups is 1. The van der Waals surface area contributed by atoms with Crippen molar-refractivity contribution in [3.63, 3.8) is 0 Å². The van der Waals surface area contributed by atoms with Crippen LogP contribution >= 0.6 is 0 Å². The fourth-order valence-corrected chi connectivity index (χ4v) is 1.42. The SMILES string of the molecule is CC(C)[C@H](O)C#C[C@@H](OC(=O)c1ccccc1)C(C)C. The number of carbonyl (C=O) groups excluding carboxylic acids is 1. The number of aliphatic hydroxyl groups excluding tert-OH is 1. The van der Waals surface area contributed by atoms with E-state index in [1.807, 2.05) is 33.8 Å². The maximum absolute atomic E-state index is 12.0. The summed E-state index contributed by atoms with van der Waals surface area (Å²) < 4.78 is 5.40. The molecule has 0 saturated carbocycles. The van der Waals surface area contributed by atoms with E-state index in [9.17, 15) is 9.90 Å². The smallest absolute Gasteiger partial charge is 0.339 e. The molecule has 0 radical (unpaired) electrons. The van der Waals surface area contributed by atoms with Crippen LogP contribution in [-0.2, 0) is 4.74 Å². The summed E-state index contributed by atoms with van der Waals surface area (Å²) in [6.07, 6.45) is -1.22. The quantitative estimate of drug-likeness (QED) is 0.678. The first-order chi connectivity index (χ1) is 9.41. The normalized spacial score (nSPS) is 13.6. The molecule has 3 heteroatoms. The van der Waals surface area contributed by atoms with E-state index in [0.29, 0.717) is 5.56 Å². The molecule has 2 atom stereocenters. The third kappa shape index (κ3) is 5.07. The lowest BCUT2D eigenvalue weighted by atomic mass is 10.0. The monoisotopic (exact) mass is 274 g/mol. The van der Waals surface area contributed by atoms with Gasteiger partial charge in [-0.15, -0.1) is 0 Å². The molecule has 0 unspecified atom stereocenters. The van der Waals surface area contributed by atoms with Crippen LogP contribution in [0.25, 0.3) is 0 Å². The summed E-state index contributed by atoms with van der Waals surface area (Å²) >= 11 is 0. The van der Waals surface area contributed by atoms with Crippen LogP contribution in [-0.4, -0.2) is 23.3 Å². The minimum atomic E-state index is -0.702. The first-order valence-corrected chi connectivity index (χ1v) is 6.87. The zero-order valence-electron chi connectivity index (χ0n) is 12.5. The highest BCUT2D eigenvalue weighted by Gasteiger charge is 2.17. The number of hydrogen-bond acceptors (Lipinski definition) is 3. The Morgan fingerprint density at radius 1 is 1.05 bits per heavy atom. The lowest BCUT2D eigenvalue weighted by Gasteiger charge is -2.16. The van der Waals surface area contributed by atoms with E-state index >= 15 is 0 Å². The van der Waals surface area contributed by atoms with Crippen molar-refractivity contribution in [1.82, 2.24) is 0 Å². The van der Waals surface area contributed by atoms with Crippen molar-refractivity contribution < 1.29 is 14.6 Å². The molecule has 0 aliphatic heterocycles. The third-order valence-electron chi connectivity index (χ3n) is 2.85. The predicted molar refractivity (Wildman–Crippen MR) is 79.1 cm³/mol. The first-order valence-electron chi connectivity index (χ1n) is 6.87. The molecule has 0 fully saturated rings. The number of rotatable bonds is 4. The maximum atomic E-state index is 12.0. The summed E-state index contributed by atoms with van der Waals surface area (Å²) in [5, 5.41) is 9.69. The molecule has 0 bridgehead atoms. The average Bonchev–Trinajstić information content (AvgIpc) is 2.43. The van der Waals surface area contributed by atoms with Crippen LogP contribution in [0.3, 0.4) is 0 Å². The van der Waals surface area contributed by atoms with Gasteiger partial charge in [0.2, 0.25) is 0 Å². The molecule has 20 heavy (non-hydrogen) atoms. The highest BCUT2D eigenvalue weighted by atomic mass is 16.5. The van der Waals surface area contributed by atoms with Crippen molar-refractivity contribution in [2.75, 3.05) is 0 Å². The minimum absolute atomic E-state index is 0.0557. The van der Waals surface area contributed by atoms with Gasteiger partial charge < -0.3 is 9.84 Å². The first kappa shape index (κ1) is 16.3. The summed E-state index contributed by atoms with van der Waals surface area (Å²) in [6, 6.07) is 8.83. The van der Waals surface area contributed by atoms with E-state index in [2.05, 4.69) is 11.8 Å². The van der Waals surface area contributed by atoms with Crippen LogP contribution in [0, 0.1) is 23.7 Å². The summed E-state index contributed by atoms with van der Waals surface area (Å²) in [6.45, 7) is 7.64. The lowest BCUT2D eigenvalue weighted by Crippen LogP contribution is -2.23. The maximum Gasteiger partial charge on any atom is 0.339 e. The largest absolute Gasteiger partial charge is 0.445 e. The Hall–Kier alpha value is -1.79. The lowest BCUT2D eigenvalue weighted by molar-refractivity contribution is 0.0328. The Labute approximate surface area is 121 Å². The molecule has 0 aliphatic carbocycles. The van der Waals surface area contributed by atoms with Crippen molar-refractivity contribution in [1.29, 1.82) is 0 Å². The van der Waals surface area contributed by atoms with E-state index in [4.69, 9.17) is 4.74 Å². The topological polar surface area (TPSA) is 46.5 Å².